The molecular formula is C20H17FN2O3S. The van der Waals surface area contributed by atoms with Crippen LogP contribution in [0.15, 0.2) is 71.8 Å². The minimum Gasteiger partial charge on any atom is -0.497 e. The van der Waals surface area contributed by atoms with Gasteiger partial charge < -0.3 is 4.74 Å². The Labute approximate surface area is 157 Å². The van der Waals surface area contributed by atoms with Crippen molar-refractivity contribution in [2.24, 2.45) is 0 Å². The van der Waals surface area contributed by atoms with Crippen LogP contribution in [0.3, 0.4) is 0 Å². The summed E-state index contributed by atoms with van der Waals surface area (Å²) in [6.07, 6.45) is 4.76. The fourth-order valence-electron chi connectivity index (χ4n) is 2.40. The number of methoxy groups -OCH3 is 1. The molecule has 27 heavy (non-hydrogen) atoms. The maximum atomic E-state index is 13.2. The third-order valence-electron chi connectivity index (χ3n) is 3.78. The first-order valence-corrected chi connectivity index (χ1v) is 9.52. The van der Waals surface area contributed by atoms with Crippen molar-refractivity contribution in [2.45, 2.75) is 4.90 Å². The molecule has 0 fully saturated rings. The number of pyridine rings is 1. The van der Waals surface area contributed by atoms with Gasteiger partial charge in [-0.05, 0) is 47.5 Å². The number of ether oxygens (including phenoxy) is 1. The Morgan fingerprint density at radius 2 is 1.78 bits per heavy atom. The first-order valence-electron chi connectivity index (χ1n) is 8.03. The van der Waals surface area contributed by atoms with Crippen molar-refractivity contribution < 1.29 is 17.5 Å². The van der Waals surface area contributed by atoms with Crippen LogP contribution in [0, 0.1) is 5.95 Å². The summed E-state index contributed by atoms with van der Waals surface area (Å²) in [7, 11) is -2.25. The fourth-order valence-corrected chi connectivity index (χ4v) is 3.49. The first-order chi connectivity index (χ1) is 13.0. The van der Waals surface area contributed by atoms with Gasteiger partial charge in [0.15, 0.2) is 0 Å². The van der Waals surface area contributed by atoms with E-state index in [1.54, 1.807) is 54.6 Å². The number of hydrogen-bond donors (Lipinski definition) is 1. The molecule has 0 bridgehead atoms. The van der Waals surface area contributed by atoms with E-state index in [-0.39, 0.29) is 4.90 Å². The predicted octanol–water partition coefficient (Wildman–Crippen LogP) is 4.20. The van der Waals surface area contributed by atoms with Gasteiger partial charge in [0.05, 0.1) is 17.7 Å². The van der Waals surface area contributed by atoms with Crippen LogP contribution in [0.5, 0.6) is 5.75 Å². The van der Waals surface area contributed by atoms with E-state index in [1.165, 1.54) is 31.5 Å². The second kappa shape index (κ2) is 8.01. The molecule has 138 valence electrons. The quantitative estimate of drug-likeness (QED) is 0.647. The summed E-state index contributed by atoms with van der Waals surface area (Å²) in [6, 6.07) is 16.0. The van der Waals surface area contributed by atoms with Gasteiger partial charge in [0.2, 0.25) is 5.95 Å². The topological polar surface area (TPSA) is 68.3 Å². The first kappa shape index (κ1) is 18.6. The molecule has 0 unspecified atom stereocenters. The van der Waals surface area contributed by atoms with E-state index in [1.807, 2.05) is 0 Å². The Bertz CT molecular complexity index is 1060. The van der Waals surface area contributed by atoms with Crippen molar-refractivity contribution in [3.8, 4) is 5.75 Å². The Morgan fingerprint density at radius 3 is 2.48 bits per heavy atom. The van der Waals surface area contributed by atoms with Crippen molar-refractivity contribution in [2.75, 3.05) is 11.8 Å². The number of anilines is 1. The SMILES string of the molecule is COc1ccc(S(=O)(=O)Nc2ccccc2C=Cc2ccnc(F)c2)cc1. The molecule has 1 N–H and O–H groups in total. The molecule has 0 aliphatic rings. The van der Waals surface area contributed by atoms with Crippen molar-refractivity contribution >= 4 is 27.9 Å². The van der Waals surface area contributed by atoms with Crippen LogP contribution in [-0.2, 0) is 10.0 Å². The second-order valence-corrected chi connectivity index (χ2v) is 7.30. The molecule has 0 radical (unpaired) electrons. The van der Waals surface area contributed by atoms with Crippen molar-refractivity contribution in [3.05, 3.63) is 83.9 Å². The van der Waals surface area contributed by atoms with E-state index < -0.39 is 16.0 Å². The number of aromatic nitrogens is 1. The van der Waals surface area contributed by atoms with Crippen LogP contribution >= 0.6 is 0 Å². The van der Waals surface area contributed by atoms with Crippen LogP contribution in [0.1, 0.15) is 11.1 Å². The van der Waals surface area contributed by atoms with Gasteiger partial charge in [-0.15, -0.1) is 0 Å². The number of benzene rings is 2. The molecule has 2 aromatic carbocycles. The summed E-state index contributed by atoms with van der Waals surface area (Å²) in [4.78, 5) is 3.63. The summed E-state index contributed by atoms with van der Waals surface area (Å²) in [6.45, 7) is 0. The Kier molecular flexibility index (Phi) is 5.52. The number of rotatable bonds is 6. The lowest BCUT2D eigenvalue weighted by Gasteiger charge is -2.11. The minimum absolute atomic E-state index is 0.123. The predicted molar refractivity (Wildman–Crippen MR) is 103 cm³/mol. The van der Waals surface area contributed by atoms with E-state index >= 15 is 0 Å². The third kappa shape index (κ3) is 4.71. The Hall–Kier alpha value is -3.19. The maximum absolute atomic E-state index is 13.2. The van der Waals surface area contributed by atoms with Crippen molar-refractivity contribution in [1.29, 1.82) is 0 Å². The fraction of sp³-hybridized carbons (Fsp3) is 0.0500. The standard InChI is InChI=1S/C20H17FN2O3S/c1-26-17-8-10-18(11-9-17)27(24,25)23-19-5-3-2-4-16(19)7-6-15-12-13-22-20(21)14-15/h2-14,23H,1H3. The lowest BCUT2D eigenvalue weighted by molar-refractivity contribution is 0.414. The molecule has 3 rings (SSSR count). The number of nitrogens with zero attached hydrogens (tertiary/aromatic N) is 1. The van der Waals surface area contributed by atoms with Gasteiger partial charge in [0.1, 0.15) is 5.75 Å². The minimum atomic E-state index is -3.76. The molecule has 0 aliphatic heterocycles. The van der Waals surface area contributed by atoms with Crippen LogP contribution in [0.25, 0.3) is 12.2 Å². The third-order valence-corrected chi connectivity index (χ3v) is 5.16. The molecule has 7 heteroatoms. The smallest absolute Gasteiger partial charge is 0.261 e. The summed E-state index contributed by atoms with van der Waals surface area (Å²) in [5.41, 5.74) is 1.68. The molecule has 0 spiro atoms. The number of nitrogens with one attached hydrogen (secondary N) is 1. The molecule has 0 saturated carbocycles. The molecule has 3 aromatic rings. The van der Waals surface area contributed by atoms with Gasteiger partial charge in [0.25, 0.3) is 10.0 Å². The maximum Gasteiger partial charge on any atom is 0.261 e. The van der Waals surface area contributed by atoms with E-state index in [2.05, 4.69) is 9.71 Å². The lowest BCUT2D eigenvalue weighted by Crippen LogP contribution is -2.13. The number of hydrogen-bond acceptors (Lipinski definition) is 4. The van der Waals surface area contributed by atoms with E-state index in [0.717, 1.165) is 0 Å². The lowest BCUT2D eigenvalue weighted by atomic mass is 10.1. The highest BCUT2D eigenvalue weighted by Crippen LogP contribution is 2.23. The zero-order valence-electron chi connectivity index (χ0n) is 14.5. The highest BCUT2D eigenvalue weighted by Gasteiger charge is 2.15. The molecule has 0 saturated heterocycles. The highest BCUT2D eigenvalue weighted by atomic mass is 32.2. The normalized spacial score (nSPS) is 11.5. The number of halogens is 1. The average Bonchev–Trinajstić information content (AvgIpc) is 2.67. The van der Waals surface area contributed by atoms with Gasteiger partial charge in [-0.25, -0.2) is 13.4 Å². The summed E-state index contributed by atoms with van der Waals surface area (Å²) in [5.74, 6) is -0.00693. The summed E-state index contributed by atoms with van der Waals surface area (Å²) >= 11 is 0. The van der Waals surface area contributed by atoms with Gasteiger partial charge in [0, 0.05) is 12.3 Å². The highest BCUT2D eigenvalue weighted by molar-refractivity contribution is 7.92. The molecule has 1 aromatic heterocycles. The van der Waals surface area contributed by atoms with E-state index in [0.29, 0.717) is 22.6 Å². The molecule has 1 heterocycles. The largest absolute Gasteiger partial charge is 0.497 e. The van der Waals surface area contributed by atoms with E-state index in [4.69, 9.17) is 4.74 Å². The molecular weight excluding hydrogens is 367 g/mol. The van der Waals surface area contributed by atoms with Gasteiger partial charge in [-0.3, -0.25) is 4.72 Å². The zero-order valence-corrected chi connectivity index (χ0v) is 15.3. The van der Waals surface area contributed by atoms with Crippen LogP contribution in [0.4, 0.5) is 10.1 Å². The van der Waals surface area contributed by atoms with E-state index in [9.17, 15) is 12.8 Å². The zero-order chi connectivity index (χ0) is 19.3. The second-order valence-electron chi connectivity index (χ2n) is 5.61. The van der Waals surface area contributed by atoms with Crippen LogP contribution < -0.4 is 9.46 Å². The Balaban J connectivity index is 1.87. The molecule has 0 atom stereocenters. The average molecular weight is 384 g/mol. The number of para-hydroxylation sites is 1. The summed E-state index contributed by atoms with van der Waals surface area (Å²) in [5, 5.41) is 0. The molecule has 0 aliphatic carbocycles. The number of sulfonamides is 1. The van der Waals surface area contributed by atoms with Crippen LogP contribution in [0.2, 0.25) is 0 Å². The van der Waals surface area contributed by atoms with Gasteiger partial charge >= 0.3 is 0 Å². The summed E-state index contributed by atoms with van der Waals surface area (Å²) < 4.78 is 46.1. The monoisotopic (exact) mass is 384 g/mol. The van der Waals surface area contributed by atoms with Gasteiger partial charge in [-0.2, -0.15) is 4.39 Å². The molecule has 0 amide bonds. The van der Waals surface area contributed by atoms with Crippen molar-refractivity contribution in [1.82, 2.24) is 4.98 Å². The van der Waals surface area contributed by atoms with Gasteiger partial charge in [-0.1, -0.05) is 30.4 Å². The van der Waals surface area contributed by atoms with Crippen molar-refractivity contribution in [3.63, 3.8) is 0 Å². The Morgan fingerprint density at radius 1 is 1.04 bits per heavy atom. The molecule has 5 nitrogen and oxygen atoms in total. The van der Waals surface area contributed by atoms with Crippen LogP contribution in [-0.4, -0.2) is 20.5 Å².